The van der Waals surface area contributed by atoms with Crippen LogP contribution in [-0.4, -0.2) is 0 Å². The van der Waals surface area contributed by atoms with Crippen LogP contribution in [0.4, 0.5) is 8.78 Å². The first kappa shape index (κ1) is 13.5. The van der Waals surface area contributed by atoms with Gasteiger partial charge >= 0.3 is 0 Å². The van der Waals surface area contributed by atoms with Crippen LogP contribution in [0.25, 0.3) is 0 Å². The van der Waals surface area contributed by atoms with Gasteiger partial charge in [0.1, 0.15) is 11.6 Å². The van der Waals surface area contributed by atoms with Crippen molar-refractivity contribution in [1.29, 1.82) is 0 Å². The van der Waals surface area contributed by atoms with E-state index >= 15 is 0 Å². The molecule has 1 aliphatic rings. The van der Waals surface area contributed by atoms with Crippen LogP contribution in [0, 0.1) is 11.6 Å². The highest BCUT2D eigenvalue weighted by molar-refractivity contribution is 6.30. The van der Waals surface area contributed by atoms with Crippen LogP contribution < -0.4 is 5.32 Å². The van der Waals surface area contributed by atoms with E-state index in [0.29, 0.717) is 12.1 Å². The quantitative estimate of drug-likeness (QED) is 0.885. The fourth-order valence-corrected chi connectivity index (χ4v) is 2.89. The summed E-state index contributed by atoms with van der Waals surface area (Å²) in [6, 6.07) is 9.75. The molecule has 2 aromatic rings. The van der Waals surface area contributed by atoms with Gasteiger partial charge in [0.15, 0.2) is 0 Å². The third-order valence-electron chi connectivity index (χ3n) is 3.74. The molecule has 0 bridgehead atoms. The number of fused-ring (bicyclic) bond motifs is 1. The van der Waals surface area contributed by atoms with E-state index < -0.39 is 11.6 Å². The Morgan fingerprint density at radius 2 is 2.00 bits per heavy atom. The molecule has 20 heavy (non-hydrogen) atoms. The maximum absolute atomic E-state index is 13.6. The van der Waals surface area contributed by atoms with Crippen LogP contribution in [-0.2, 0) is 13.0 Å². The molecule has 0 fully saturated rings. The summed E-state index contributed by atoms with van der Waals surface area (Å²) in [5, 5.41) is 4.07. The number of nitrogens with one attached hydrogen (secondary N) is 1. The second-order valence-corrected chi connectivity index (χ2v) is 5.49. The predicted octanol–water partition coefficient (Wildman–Crippen LogP) is 4.40. The zero-order valence-corrected chi connectivity index (χ0v) is 11.6. The Balaban J connectivity index is 1.72. The first-order valence-corrected chi connectivity index (χ1v) is 6.97. The van der Waals surface area contributed by atoms with Crippen molar-refractivity contribution in [3.63, 3.8) is 0 Å². The summed E-state index contributed by atoms with van der Waals surface area (Å²) in [6.45, 7) is 0.388. The minimum atomic E-state index is -0.549. The zero-order chi connectivity index (χ0) is 14.1. The lowest BCUT2D eigenvalue weighted by Gasteiger charge is -2.14. The summed E-state index contributed by atoms with van der Waals surface area (Å²) >= 11 is 5.97. The molecule has 2 aromatic carbocycles. The number of aryl methyl sites for hydroxylation is 1. The number of halogens is 3. The van der Waals surface area contributed by atoms with Gasteiger partial charge in [-0.25, -0.2) is 8.78 Å². The smallest absolute Gasteiger partial charge is 0.130 e. The van der Waals surface area contributed by atoms with E-state index in [-0.39, 0.29) is 6.04 Å². The van der Waals surface area contributed by atoms with Crippen molar-refractivity contribution >= 4 is 11.6 Å². The van der Waals surface area contributed by atoms with E-state index in [1.165, 1.54) is 23.3 Å². The van der Waals surface area contributed by atoms with E-state index in [1.807, 2.05) is 18.2 Å². The Kier molecular flexibility index (Phi) is 3.72. The van der Waals surface area contributed by atoms with Crippen LogP contribution in [0.3, 0.4) is 0 Å². The second kappa shape index (κ2) is 5.51. The van der Waals surface area contributed by atoms with Crippen molar-refractivity contribution in [1.82, 2.24) is 5.32 Å². The molecule has 1 unspecified atom stereocenters. The first-order valence-electron chi connectivity index (χ1n) is 6.59. The van der Waals surface area contributed by atoms with Gasteiger partial charge in [-0.2, -0.15) is 0 Å². The standard InChI is InChI=1S/C16H14ClF2N/c17-12-3-5-14-10(7-12)2-6-16(14)20-9-11-1-4-13(18)8-15(11)19/h1,3-5,7-8,16,20H,2,6,9H2. The Labute approximate surface area is 121 Å². The zero-order valence-electron chi connectivity index (χ0n) is 10.8. The number of benzene rings is 2. The van der Waals surface area contributed by atoms with Crippen LogP contribution in [0.5, 0.6) is 0 Å². The van der Waals surface area contributed by atoms with Crippen LogP contribution in [0.1, 0.15) is 29.2 Å². The van der Waals surface area contributed by atoms with Gasteiger partial charge in [0.25, 0.3) is 0 Å². The lowest BCUT2D eigenvalue weighted by Crippen LogP contribution is -2.19. The van der Waals surface area contributed by atoms with Crippen molar-refractivity contribution in [2.45, 2.75) is 25.4 Å². The van der Waals surface area contributed by atoms with Crippen LogP contribution >= 0.6 is 11.6 Å². The monoisotopic (exact) mass is 293 g/mol. The van der Waals surface area contributed by atoms with E-state index in [9.17, 15) is 8.78 Å². The lowest BCUT2D eigenvalue weighted by molar-refractivity contribution is 0.508. The Morgan fingerprint density at radius 1 is 1.15 bits per heavy atom. The normalized spacial score (nSPS) is 17.2. The molecule has 0 radical (unpaired) electrons. The van der Waals surface area contributed by atoms with E-state index in [1.54, 1.807) is 0 Å². The minimum Gasteiger partial charge on any atom is -0.306 e. The Hall–Kier alpha value is -1.45. The molecule has 0 heterocycles. The molecule has 1 atom stereocenters. The summed E-state index contributed by atoms with van der Waals surface area (Å²) in [7, 11) is 0. The summed E-state index contributed by atoms with van der Waals surface area (Å²) in [5.74, 6) is -1.06. The van der Waals surface area contributed by atoms with Gasteiger partial charge in [-0.05, 0) is 42.2 Å². The summed E-state index contributed by atoms with van der Waals surface area (Å²) in [5.41, 5.74) is 2.94. The SMILES string of the molecule is Fc1ccc(CNC2CCc3cc(Cl)ccc32)c(F)c1. The molecule has 1 aliphatic carbocycles. The van der Waals surface area contributed by atoms with Crippen molar-refractivity contribution < 1.29 is 8.78 Å². The van der Waals surface area contributed by atoms with Crippen LogP contribution in [0.2, 0.25) is 5.02 Å². The number of hydrogen-bond donors (Lipinski definition) is 1. The molecule has 3 rings (SSSR count). The molecule has 0 saturated heterocycles. The van der Waals surface area contributed by atoms with Gasteiger partial charge in [0.05, 0.1) is 0 Å². The molecular weight excluding hydrogens is 280 g/mol. The molecule has 1 N–H and O–H groups in total. The summed E-state index contributed by atoms with van der Waals surface area (Å²) in [6.07, 6.45) is 1.94. The first-order chi connectivity index (χ1) is 9.63. The molecule has 0 saturated carbocycles. The summed E-state index contributed by atoms with van der Waals surface area (Å²) in [4.78, 5) is 0. The second-order valence-electron chi connectivity index (χ2n) is 5.05. The fourth-order valence-electron chi connectivity index (χ4n) is 2.70. The van der Waals surface area contributed by atoms with Gasteiger partial charge in [0.2, 0.25) is 0 Å². The van der Waals surface area contributed by atoms with Gasteiger partial charge in [-0.3, -0.25) is 0 Å². The average Bonchev–Trinajstić information content (AvgIpc) is 2.80. The van der Waals surface area contributed by atoms with Crippen molar-refractivity contribution in [3.8, 4) is 0 Å². The van der Waals surface area contributed by atoms with Gasteiger partial charge in [-0.1, -0.05) is 23.7 Å². The number of rotatable bonds is 3. The predicted molar refractivity (Wildman–Crippen MR) is 75.7 cm³/mol. The highest BCUT2D eigenvalue weighted by Crippen LogP contribution is 2.33. The molecular formula is C16H14ClF2N. The Morgan fingerprint density at radius 3 is 2.80 bits per heavy atom. The third kappa shape index (κ3) is 2.69. The third-order valence-corrected chi connectivity index (χ3v) is 3.97. The van der Waals surface area contributed by atoms with Crippen molar-refractivity contribution in [3.05, 3.63) is 69.7 Å². The molecule has 0 aromatic heterocycles. The van der Waals surface area contributed by atoms with Crippen LogP contribution in [0.15, 0.2) is 36.4 Å². The number of hydrogen-bond acceptors (Lipinski definition) is 1. The van der Waals surface area contributed by atoms with E-state index in [0.717, 1.165) is 23.9 Å². The topological polar surface area (TPSA) is 12.0 Å². The average molecular weight is 294 g/mol. The van der Waals surface area contributed by atoms with E-state index in [4.69, 9.17) is 11.6 Å². The highest BCUT2D eigenvalue weighted by atomic mass is 35.5. The van der Waals surface area contributed by atoms with E-state index in [2.05, 4.69) is 5.32 Å². The van der Waals surface area contributed by atoms with Crippen molar-refractivity contribution in [2.24, 2.45) is 0 Å². The van der Waals surface area contributed by atoms with Gasteiger partial charge in [0, 0.05) is 29.2 Å². The largest absolute Gasteiger partial charge is 0.306 e. The molecule has 4 heteroatoms. The molecule has 1 nitrogen and oxygen atoms in total. The Bertz CT molecular complexity index is 642. The molecule has 0 amide bonds. The maximum Gasteiger partial charge on any atom is 0.130 e. The molecule has 0 spiro atoms. The highest BCUT2D eigenvalue weighted by Gasteiger charge is 2.22. The van der Waals surface area contributed by atoms with Crippen molar-refractivity contribution in [2.75, 3.05) is 0 Å². The maximum atomic E-state index is 13.6. The van der Waals surface area contributed by atoms with Gasteiger partial charge in [-0.15, -0.1) is 0 Å². The van der Waals surface area contributed by atoms with Gasteiger partial charge < -0.3 is 5.32 Å². The minimum absolute atomic E-state index is 0.201. The summed E-state index contributed by atoms with van der Waals surface area (Å²) < 4.78 is 26.4. The molecule has 0 aliphatic heterocycles. The molecule has 104 valence electrons. The lowest BCUT2D eigenvalue weighted by atomic mass is 10.1. The fraction of sp³-hybridized carbons (Fsp3) is 0.250.